The Morgan fingerprint density at radius 3 is 2.32 bits per heavy atom. The third kappa shape index (κ3) is 5.67. The lowest BCUT2D eigenvalue weighted by Crippen LogP contribution is -2.40. The Bertz CT molecular complexity index is 966. The Balaban J connectivity index is 2.17. The van der Waals surface area contributed by atoms with Crippen molar-refractivity contribution in [2.45, 2.75) is 6.54 Å². The first-order chi connectivity index (χ1) is 13.2. The molecule has 0 aromatic heterocycles. The molecule has 0 aliphatic carbocycles. The zero-order valence-electron chi connectivity index (χ0n) is 15.5. The van der Waals surface area contributed by atoms with Gasteiger partial charge in [-0.05, 0) is 29.8 Å². The maximum Gasteiger partial charge on any atom is 0.241 e. The molecule has 0 bridgehead atoms. The number of hydrogen-bond donors (Lipinski definition) is 1. The summed E-state index contributed by atoms with van der Waals surface area (Å²) in [6.45, 7) is -0.266. The molecule has 0 fully saturated rings. The molecule has 7 nitrogen and oxygen atoms in total. The molecule has 0 unspecified atom stereocenters. The van der Waals surface area contributed by atoms with Crippen LogP contribution in [0.3, 0.4) is 0 Å². The van der Waals surface area contributed by atoms with E-state index in [-0.39, 0.29) is 12.2 Å². The van der Waals surface area contributed by atoms with Gasteiger partial charge in [0.2, 0.25) is 15.9 Å². The van der Waals surface area contributed by atoms with Gasteiger partial charge in [0.25, 0.3) is 0 Å². The Kier molecular flexibility index (Phi) is 7.40. The van der Waals surface area contributed by atoms with Gasteiger partial charge < -0.3 is 14.8 Å². The molecule has 2 aromatic carbocycles. The van der Waals surface area contributed by atoms with E-state index in [0.29, 0.717) is 27.1 Å². The lowest BCUT2D eigenvalue weighted by molar-refractivity contribution is -0.119. The summed E-state index contributed by atoms with van der Waals surface area (Å²) >= 11 is 11.9. The zero-order valence-corrected chi connectivity index (χ0v) is 17.9. The van der Waals surface area contributed by atoms with Gasteiger partial charge in [0, 0.05) is 22.7 Å². The van der Waals surface area contributed by atoms with Crippen LogP contribution in [0.25, 0.3) is 0 Å². The molecular weight excluding hydrogens is 427 g/mol. The van der Waals surface area contributed by atoms with E-state index in [1.54, 1.807) is 24.3 Å². The summed E-state index contributed by atoms with van der Waals surface area (Å²) in [4.78, 5) is 12.4. The fourth-order valence-electron chi connectivity index (χ4n) is 2.43. The largest absolute Gasteiger partial charge is 0.493 e. The number of carbonyl (C=O) groups excluding carboxylic acids is 1. The van der Waals surface area contributed by atoms with Crippen molar-refractivity contribution in [3.05, 3.63) is 52.0 Å². The molecule has 1 N–H and O–H groups in total. The third-order valence-electron chi connectivity index (χ3n) is 3.83. The van der Waals surface area contributed by atoms with E-state index < -0.39 is 22.5 Å². The molecule has 152 valence electrons. The van der Waals surface area contributed by atoms with Gasteiger partial charge in [-0.2, -0.15) is 0 Å². The fraction of sp³-hybridized carbons (Fsp3) is 0.278. The van der Waals surface area contributed by atoms with E-state index in [9.17, 15) is 13.2 Å². The SMILES string of the molecule is COc1ccc(N(CC(=O)NCc2ccc(Cl)cc2Cl)S(C)(=O)=O)cc1OC. The first kappa shape index (κ1) is 22.1. The van der Waals surface area contributed by atoms with Crippen LogP contribution in [0.2, 0.25) is 10.0 Å². The van der Waals surface area contributed by atoms with Crippen molar-refractivity contribution in [2.75, 3.05) is 31.3 Å². The van der Waals surface area contributed by atoms with Gasteiger partial charge in [0.1, 0.15) is 6.54 Å². The molecule has 10 heteroatoms. The normalized spacial score (nSPS) is 11.0. The van der Waals surface area contributed by atoms with Crippen molar-refractivity contribution in [1.29, 1.82) is 0 Å². The highest BCUT2D eigenvalue weighted by Gasteiger charge is 2.22. The van der Waals surface area contributed by atoms with Crippen molar-refractivity contribution < 1.29 is 22.7 Å². The number of carbonyl (C=O) groups is 1. The first-order valence-electron chi connectivity index (χ1n) is 8.06. The van der Waals surface area contributed by atoms with Crippen molar-refractivity contribution in [3.63, 3.8) is 0 Å². The summed E-state index contributed by atoms with van der Waals surface area (Å²) in [7, 11) is -0.809. The molecule has 0 heterocycles. The molecule has 2 aromatic rings. The molecule has 0 spiro atoms. The second-order valence-corrected chi connectivity index (χ2v) is 8.57. The van der Waals surface area contributed by atoms with E-state index in [1.807, 2.05) is 0 Å². The molecule has 28 heavy (non-hydrogen) atoms. The van der Waals surface area contributed by atoms with Crippen LogP contribution < -0.4 is 19.1 Å². The summed E-state index contributed by atoms with van der Waals surface area (Å²) in [5.74, 6) is 0.301. The van der Waals surface area contributed by atoms with E-state index in [0.717, 1.165) is 10.6 Å². The molecule has 0 saturated heterocycles. The number of anilines is 1. The van der Waals surface area contributed by atoms with Crippen LogP contribution in [0, 0.1) is 0 Å². The van der Waals surface area contributed by atoms with Gasteiger partial charge >= 0.3 is 0 Å². The van der Waals surface area contributed by atoms with Gasteiger partial charge in [-0.15, -0.1) is 0 Å². The number of halogens is 2. The average Bonchev–Trinajstić information content (AvgIpc) is 2.64. The molecule has 0 radical (unpaired) electrons. The second-order valence-electron chi connectivity index (χ2n) is 5.82. The van der Waals surface area contributed by atoms with E-state index in [2.05, 4.69) is 5.32 Å². The minimum atomic E-state index is -3.72. The third-order valence-corrected chi connectivity index (χ3v) is 5.56. The molecule has 1 amide bonds. The summed E-state index contributed by atoms with van der Waals surface area (Å²) < 4.78 is 35.8. The maximum absolute atomic E-state index is 12.4. The van der Waals surface area contributed by atoms with Crippen molar-refractivity contribution in [2.24, 2.45) is 0 Å². The minimum absolute atomic E-state index is 0.137. The standard InChI is InChI=1S/C18H20Cl2N2O5S/c1-26-16-7-6-14(9-17(16)27-2)22(28(3,24)25)11-18(23)21-10-12-4-5-13(19)8-15(12)20/h4-9H,10-11H2,1-3H3,(H,21,23). The first-order valence-corrected chi connectivity index (χ1v) is 10.7. The summed E-state index contributed by atoms with van der Waals surface area (Å²) in [6.07, 6.45) is 1.02. The topological polar surface area (TPSA) is 84.9 Å². The van der Waals surface area contributed by atoms with Crippen LogP contribution in [0.15, 0.2) is 36.4 Å². The Labute approximate surface area is 174 Å². The summed E-state index contributed by atoms with van der Waals surface area (Å²) in [5.41, 5.74) is 0.941. The van der Waals surface area contributed by atoms with Crippen molar-refractivity contribution >= 4 is 44.8 Å². The lowest BCUT2D eigenvalue weighted by atomic mass is 10.2. The van der Waals surface area contributed by atoms with Crippen LogP contribution in [0.4, 0.5) is 5.69 Å². The van der Waals surface area contributed by atoms with Gasteiger partial charge in [0.05, 0.1) is 26.2 Å². The zero-order chi connectivity index (χ0) is 20.9. The highest BCUT2D eigenvalue weighted by Crippen LogP contribution is 2.32. The second kappa shape index (κ2) is 9.36. The van der Waals surface area contributed by atoms with Crippen LogP contribution in [0.5, 0.6) is 11.5 Å². The highest BCUT2D eigenvalue weighted by molar-refractivity contribution is 7.92. The average molecular weight is 447 g/mol. The van der Waals surface area contributed by atoms with Gasteiger partial charge in [-0.25, -0.2) is 8.42 Å². The molecule has 0 atom stereocenters. The number of amides is 1. The van der Waals surface area contributed by atoms with Crippen molar-refractivity contribution in [3.8, 4) is 11.5 Å². The summed E-state index contributed by atoms with van der Waals surface area (Å²) in [5, 5.41) is 3.55. The predicted octanol–water partition coefficient (Wildman–Crippen LogP) is 3.09. The smallest absolute Gasteiger partial charge is 0.241 e. The number of ether oxygens (including phenoxy) is 2. The number of methoxy groups -OCH3 is 2. The van der Waals surface area contributed by atoms with Gasteiger partial charge in [-0.3, -0.25) is 9.10 Å². The Morgan fingerprint density at radius 2 is 1.75 bits per heavy atom. The quantitative estimate of drug-likeness (QED) is 0.673. The molecule has 2 rings (SSSR count). The Morgan fingerprint density at radius 1 is 1.07 bits per heavy atom. The van der Waals surface area contributed by atoms with Crippen LogP contribution >= 0.6 is 23.2 Å². The number of rotatable bonds is 8. The fourth-order valence-corrected chi connectivity index (χ4v) is 3.75. The number of nitrogens with zero attached hydrogens (tertiary/aromatic N) is 1. The maximum atomic E-state index is 12.4. The van der Waals surface area contributed by atoms with Crippen LogP contribution in [-0.2, 0) is 21.4 Å². The number of benzene rings is 2. The molecular formula is C18H20Cl2N2O5S. The molecule has 0 aliphatic rings. The van der Waals surface area contributed by atoms with E-state index >= 15 is 0 Å². The number of hydrogen-bond acceptors (Lipinski definition) is 5. The number of nitrogens with one attached hydrogen (secondary N) is 1. The Hall–Kier alpha value is -2.16. The van der Waals surface area contributed by atoms with Gasteiger partial charge in [-0.1, -0.05) is 29.3 Å². The lowest BCUT2D eigenvalue weighted by Gasteiger charge is -2.23. The molecule has 0 saturated carbocycles. The van der Waals surface area contributed by atoms with E-state index in [4.69, 9.17) is 32.7 Å². The minimum Gasteiger partial charge on any atom is -0.493 e. The van der Waals surface area contributed by atoms with E-state index in [1.165, 1.54) is 26.4 Å². The number of sulfonamides is 1. The predicted molar refractivity (Wildman–Crippen MR) is 110 cm³/mol. The molecule has 0 aliphatic heterocycles. The van der Waals surface area contributed by atoms with Gasteiger partial charge in [0.15, 0.2) is 11.5 Å². The monoisotopic (exact) mass is 446 g/mol. The van der Waals surface area contributed by atoms with Crippen LogP contribution in [-0.4, -0.2) is 41.3 Å². The summed E-state index contributed by atoms with van der Waals surface area (Å²) in [6, 6.07) is 9.50. The van der Waals surface area contributed by atoms with Crippen molar-refractivity contribution in [1.82, 2.24) is 5.32 Å². The highest BCUT2D eigenvalue weighted by atomic mass is 35.5. The van der Waals surface area contributed by atoms with Crippen LogP contribution in [0.1, 0.15) is 5.56 Å².